The van der Waals surface area contributed by atoms with Gasteiger partial charge in [0, 0.05) is 30.7 Å². The van der Waals surface area contributed by atoms with Crippen LogP contribution in [0.1, 0.15) is 48.0 Å². The zero-order chi connectivity index (χ0) is 22.6. The van der Waals surface area contributed by atoms with Crippen LogP contribution >= 0.6 is 0 Å². The number of alkyl halides is 3. The van der Waals surface area contributed by atoms with Crippen molar-refractivity contribution >= 4 is 17.7 Å². The van der Waals surface area contributed by atoms with E-state index in [1.807, 2.05) is 0 Å². The Balaban J connectivity index is 1.56. The predicted octanol–water partition coefficient (Wildman–Crippen LogP) is 1.67. The van der Waals surface area contributed by atoms with E-state index in [2.05, 4.69) is 10.6 Å². The fourth-order valence-electron chi connectivity index (χ4n) is 4.18. The number of benzene rings is 1. The van der Waals surface area contributed by atoms with Crippen molar-refractivity contribution in [3.63, 3.8) is 0 Å². The topological polar surface area (TPSA) is 105 Å². The number of amides is 3. The van der Waals surface area contributed by atoms with E-state index in [0.717, 1.165) is 31.0 Å². The van der Waals surface area contributed by atoms with Crippen molar-refractivity contribution in [2.24, 2.45) is 11.7 Å². The molecule has 170 valence electrons. The highest BCUT2D eigenvalue weighted by Crippen LogP contribution is 2.29. The average Bonchev–Trinajstić information content (AvgIpc) is 3.27. The molecular weight excluding hydrogens is 413 g/mol. The number of nitrogens with zero attached hydrogens (tertiary/aromatic N) is 1. The van der Waals surface area contributed by atoms with Crippen molar-refractivity contribution in [3.8, 4) is 0 Å². The van der Waals surface area contributed by atoms with Crippen LogP contribution in [-0.4, -0.2) is 54.3 Å². The van der Waals surface area contributed by atoms with Crippen LogP contribution in [0.4, 0.5) is 13.2 Å². The number of nitrogens with one attached hydrogen (secondary N) is 2. The van der Waals surface area contributed by atoms with Crippen molar-refractivity contribution in [2.45, 2.75) is 50.4 Å². The molecule has 3 amide bonds. The van der Waals surface area contributed by atoms with Gasteiger partial charge in [-0.3, -0.25) is 14.4 Å². The lowest BCUT2D eigenvalue weighted by Crippen LogP contribution is -2.53. The first kappa shape index (κ1) is 23.1. The Bertz CT molecular complexity index is 824. The smallest absolute Gasteiger partial charge is 0.351 e. The Morgan fingerprint density at radius 2 is 1.84 bits per heavy atom. The summed E-state index contributed by atoms with van der Waals surface area (Å²) >= 11 is 0. The highest BCUT2D eigenvalue weighted by Gasteiger charge is 2.38. The van der Waals surface area contributed by atoms with E-state index in [4.69, 9.17) is 5.73 Å². The molecule has 31 heavy (non-hydrogen) atoms. The second kappa shape index (κ2) is 9.67. The van der Waals surface area contributed by atoms with E-state index < -0.39 is 36.0 Å². The summed E-state index contributed by atoms with van der Waals surface area (Å²) in [7, 11) is 0. The molecule has 7 nitrogen and oxygen atoms in total. The number of carbonyl (C=O) groups excluding carboxylic acids is 3. The first-order valence-electron chi connectivity index (χ1n) is 10.4. The summed E-state index contributed by atoms with van der Waals surface area (Å²) in [4.78, 5) is 39.2. The molecule has 10 heteroatoms. The first-order valence-corrected chi connectivity index (χ1v) is 10.4. The average molecular weight is 440 g/mol. The van der Waals surface area contributed by atoms with Crippen LogP contribution in [0.3, 0.4) is 0 Å². The zero-order valence-electron chi connectivity index (χ0n) is 17.1. The number of carbonyl (C=O) groups is 3. The van der Waals surface area contributed by atoms with Gasteiger partial charge in [0.2, 0.25) is 11.8 Å². The highest BCUT2D eigenvalue weighted by atomic mass is 19.4. The van der Waals surface area contributed by atoms with Crippen LogP contribution in [0.5, 0.6) is 0 Å². The molecule has 4 N–H and O–H groups in total. The van der Waals surface area contributed by atoms with Gasteiger partial charge in [0.1, 0.15) is 0 Å². The lowest BCUT2D eigenvalue weighted by Gasteiger charge is -2.36. The molecule has 2 fully saturated rings. The van der Waals surface area contributed by atoms with E-state index >= 15 is 0 Å². The maximum Gasteiger partial charge on any atom is 0.416 e. The minimum absolute atomic E-state index is 0.00838. The molecule has 1 saturated carbocycles. The summed E-state index contributed by atoms with van der Waals surface area (Å²) in [5.74, 6) is -1.70. The molecule has 3 rings (SSSR count). The van der Waals surface area contributed by atoms with Gasteiger partial charge in [-0.15, -0.1) is 0 Å². The second-order valence-corrected chi connectivity index (χ2v) is 8.15. The molecule has 1 heterocycles. The number of hydrogen-bond donors (Lipinski definition) is 3. The van der Waals surface area contributed by atoms with Gasteiger partial charge in [0.05, 0.1) is 18.0 Å². The van der Waals surface area contributed by atoms with Gasteiger partial charge in [0.25, 0.3) is 5.91 Å². The normalized spacial score (nSPS) is 24.0. The van der Waals surface area contributed by atoms with Crippen LogP contribution in [0.25, 0.3) is 0 Å². The molecule has 1 aromatic rings. The van der Waals surface area contributed by atoms with E-state index in [-0.39, 0.29) is 23.6 Å². The van der Waals surface area contributed by atoms with E-state index in [0.29, 0.717) is 32.4 Å². The van der Waals surface area contributed by atoms with E-state index in [1.54, 1.807) is 4.90 Å². The Morgan fingerprint density at radius 1 is 1.13 bits per heavy atom. The molecule has 0 spiro atoms. The summed E-state index contributed by atoms with van der Waals surface area (Å²) in [6, 6.07) is 3.50. The van der Waals surface area contributed by atoms with Crippen LogP contribution in [0, 0.1) is 5.92 Å². The molecule has 0 aromatic heterocycles. The van der Waals surface area contributed by atoms with Gasteiger partial charge in [-0.25, -0.2) is 0 Å². The van der Waals surface area contributed by atoms with Gasteiger partial charge in [-0.2, -0.15) is 13.2 Å². The molecular formula is C21H27F3N4O3. The molecule has 3 atom stereocenters. The molecule has 1 aliphatic carbocycles. The number of rotatable bonds is 5. The van der Waals surface area contributed by atoms with Gasteiger partial charge < -0.3 is 21.3 Å². The van der Waals surface area contributed by atoms with Crippen LogP contribution in [-0.2, 0) is 15.8 Å². The fraction of sp³-hybridized carbons (Fsp3) is 0.571. The Labute approximate surface area is 178 Å². The Hall–Kier alpha value is -2.62. The van der Waals surface area contributed by atoms with Crippen LogP contribution in [0.2, 0.25) is 0 Å². The third-order valence-corrected chi connectivity index (χ3v) is 5.83. The number of hydrogen-bond acceptors (Lipinski definition) is 4. The quantitative estimate of drug-likeness (QED) is 0.648. The fourth-order valence-corrected chi connectivity index (χ4v) is 4.18. The standard InChI is InChI=1S/C21H27F3N4O3/c22-21(23,24)14-5-3-4-13(10-14)19(30)26-12-18(29)27-17-7-6-15(25)11-16(17)20(31)28-8-1-2-9-28/h3-5,10,15-17H,1-2,6-9,11-12,25H2,(H,26,30)(H,27,29)/t15-,16+,17-/m1/s1. The molecule has 1 saturated heterocycles. The summed E-state index contributed by atoms with van der Waals surface area (Å²) in [5, 5.41) is 5.14. The minimum Gasteiger partial charge on any atom is -0.351 e. The van der Waals surface area contributed by atoms with Crippen molar-refractivity contribution in [1.29, 1.82) is 0 Å². The lowest BCUT2D eigenvalue weighted by atomic mass is 9.81. The molecule has 2 aliphatic rings. The second-order valence-electron chi connectivity index (χ2n) is 8.15. The summed E-state index contributed by atoms with van der Waals surface area (Å²) < 4.78 is 38.4. The maximum absolute atomic E-state index is 12.9. The Kier molecular flexibility index (Phi) is 7.19. The highest BCUT2D eigenvalue weighted by molar-refractivity contribution is 5.96. The summed E-state index contributed by atoms with van der Waals surface area (Å²) in [6.45, 7) is 1.01. The molecule has 1 aliphatic heterocycles. The molecule has 1 aromatic carbocycles. The lowest BCUT2D eigenvalue weighted by molar-refractivity contribution is -0.138. The van der Waals surface area contributed by atoms with Crippen molar-refractivity contribution in [1.82, 2.24) is 15.5 Å². The monoisotopic (exact) mass is 440 g/mol. The first-order chi connectivity index (χ1) is 14.6. The summed E-state index contributed by atoms with van der Waals surface area (Å²) in [6.07, 6.45) is -0.931. The SMILES string of the molecule is N[C@@H]1CC[C@@H](NC(=O)CNC(=O)c2cccc(C(F)(F)F)c2)[C@@H](C(=O)N2CCCC2)C1. The van der Waals surface area contributed by atoms with Crippen molar-refractivity contribution < 1.29 is 27.6 Å². The molecule has 0 radical (unpaired) electrons. The van der Waals surface area contributed by atoms with Crippen LogP contribution < -0.4 is 16.4 Å². The summed E-state index contributed by atoms with van der Waals surface area (Å²) in [5.41, 5.74) is 4.91. The van der Waals surface area contributed by atoms with Gasteiger partial charge in [-0.05, 0) is 50.3 Å². The van der Waals surface area contributed by atoms with Gasteiger partial charge >= 0.3 is 6.18 Å². The maximum atomic E-state index is 12.9. The number of halogens is 3. The van der Waals surface area contributed by atoms with Gasteiger partial charge in [-0.1, -0.05) is 6.07 Å². The number of likely N-dealkylation sites (tertiary alicyclic amines) is 1. The molecule has 0 bridgehead atoms. The number of nitrogens with two attached hydrogens (primary N) is 1. The Morgan fingerprint density at radius 3 is 2.52 bits per heavy atom. The third-order valence-electron chi connectivity index (χ3n) is 5.83. The molecule has 0 unspecified atom stereocenters. The van der Waals surface area contributed by atoms with E-state index in [1.165, 1.54) is 6.07 Å². The predicted molar refractivity (Wildman–Crippen MR) is 107 cm³/mol. The van der Waals surface area contributed by atoms with E-state index in [9.17, 15) is 27.6 Å². The van der Waals surface area contributed by atoms with Crippen molar-refractivity contribution in [3.05, 3.63) is 35.4 Å². The third kappa shape index (κ3) is 5.96. The largest absolute Gasteiger partial charge is 0.416 e. The minimum atomic E-state index is -4.56. The van der Waals surface area contributed by atoms with Crippen molar-refractivity contribution in [2.75, 3.05) is 19.6 Å². The zero-order valence-corrected chi connectivity index (χ0v) is 17.1. The van der Waals surface area contributed by atoms with Gasteiger partial charge in [0.15, 0.2) is 0 Å². The van der Waals surface area contributed by atoms with Crippen LogP contribution in [0.15, 0.2) is 24.3 Å².